The van der Waals surface area contributed by atoms with Crippen LogP contribution in [0.2, 0.25) is 0 Å². The van der Waals surface area contributed by atoms with Crippen molar-refractivity contribution in [1.29, 1.82) is 0 Å². The molecule has 0 spiro atoms. The normalized spacial score (nSPS) is 14.9. The number of hydrogen-bond donors (Lipinski definition) is 1. The fraction of sp³-hybridized carbons (Fsp3) is 0.368. The van der Waals surface area contributed by atoms with Gasteiger partial charge in [-0.15, -0.1) is 0 Å². The van der Waals surface area contributed by atoms with E-state index in [0.717, 1.165) is 0 Å². The molecule has 2 aromatic rings. The zero-order valence-electron chi connectivity index (χ0n) is 15.7. The summed E-state index contributed by atoms with van der Waals surface area (Å²) in [5, 5.41) is 0. The summed E-state index contributed by atoms with van der Waals surface area (Å²) in [5.41, 5.74) is 7.23. The first-order chi connectivity index (χ1) is 13.4. The van der Waals surface area contributed by atoms with Crippen LogP contribution >= 0.6 is 0 Å². The van der Waals surface area contributed by atoms with E-state index in [1.807, 2.05) is 0 Å². The van der Waals surface area contributed by atoms with Gasteiger partial charge in [0.25, 0.3) is 10.0 Å². The van der Waals surface area contributed by atoms with Gasteiger partial charge in [-0.05, 0) is 36.8 Å². The van der Waals surface area contributed by atoms with Gasteiger partial charge in [0.1, 0.15) is 18.5 Å². The van der Waals surface area contributed by atoms with E-state index >= 15 is 0 Å². The smallest absolute Gasteiger partial charge is 0.268 e. The molecule has 0 atom stereocenters. The van der Waals surface area contributed by atoms with Crippen molar-refractivity contribution in [1.82, 2.24) is 0 Å². The van der Waals surface area contributed by atoms with Gasteiger partial charge in [-0.3, -0.25) is 4.31 Å². The van der Waals surface area contributed by atoms with Crippen LogP contribution in [0.25, 0.3) is 0 Å². The van der Waals surface area contributed by atoms with Crippen LogP contribution in [-0.4, -0.2) is 49.4 Å². The number of methoxy groups -OCH3 is 1. The van der Waals surface area contributed by atoms with Gasteiger partial charge in [-0.25, -0.2) is 8.42 Å². The summed E-state index contributed by atoms with van der Waals surface area (Å²) < 4.78 is 44.4. The van der Waals surface area contributed by atoms with Gasteiger partial charge in [0.2, 0.25) is 0 Å². The summed E-state index contributed by atoms with van der Waals surface area (Å²) in [5.74, 6) is 0.233. The van der Waals surface area contributed by atoms with Crippen molar-refractivity contribution in [3.8, 4) is 5.75 Å². The van der Waals surface area contributed by atoms with Crippen molar-refractivity contribution in [3.63, 3.8) is 0 Å². The minimum absolute atomic E-state index is 0.0141. The van der Waals surface area contributed by atoms with E-state index in [0.29, 0.717) is 42.9 Å². The van der Waals surface area contributed by atoms with Gasteiger partial charge in [0.05, 0.1) is 26.0 Å². The summed E-state index contributed by atoms with van der Waals surface area (Å²) in [7, 11) is 3.26. The van der Waals surface area contributed by atoms with Crippen LogP contribution in [0.15, 0.2) is 47.4 Å². The summed E-state index contributed by atoms with van der Waals surface area (Å²) in [6, 6.07) is 11.2. The van der Waals surface area contributed by atoms with E-state index in [1.54, 1.807) is 36.4 Å². The number of nitrogens with zero attached hydrogens (tertiary/aromatic N) is 1. The highest BCUT2D eigenvalue weighted by molar-refractivity contribution is 7.93. The maximum atomic E-state index is 13.5. The van der Waals surface area contributed by atoms with Crippen molar-refractivity contribution in [2.75, 3.05) is 36.9 Å². The Hall–Kier alpha value is -2.23. The van der Waals surface area contributed by atoms with Gasteiger partial charge in [0.15, 0.2) is 6.29 Å². The number of sulfonamides is 1. The van der Waals surface area contributed by atoms with Crippen molar-refractivity contribution in [2.24, 2.45) is 0 Å². The highest BCUT2D eigenvalue weighted by atomic mass is 32.2. The van der Waals surface area contributed by atoms with Crippen molar-refractivity contribution >= 4 is 34.7 Å². The molecule has 1 aliphatic heterocycles. The molecule has 3 rings (SSSR count). The number of nitrogens with two attached hydrogens (primary N) is 1. The lowest BCUT2D eigenvalue weighted by Crippen LogP contribution is -2.33. The van der Waals surface area contributed by atoms with Crippen LogP contribution in [0.4, 0.5) is 11.4 Å². The maximum absolute atomic E-state index is 13.5. The van der Waals surface area contributed by atoms with E-state index in [2.05, 4.69) is 0 Å². The third-order valence-corrected chi connectivity index (χ3v) is 6.28. The molecule has 0 aromatic heterocycles. The largest absolute Gasteiger partial charge is 0.495 e. The first-order valence-electron chi connectivity index (χ1n) is 8.97. The predicted molar refractivity (Wildman–Crippen MR) is 109 cm³/mol. The van der Waals surface area contributed by atoms with Crippen molar-refractivity contribution in [3.05, 3.63) is 42.5 Å². The molecule has 7 nitrogen and oxygen atoms in total. The quantitative estimate of drug-likeness (QED) is 0.531. The Bertz CT molecular complexity index is 899. The minimum atomic E-state index is -3.92. The molecule has 1 aliphatic rings. The standard InChI is InChI=1S/C19H23BN2O5S/c1-25-17-9-6-15(21)13-18(17)28(23,24)22(16-7-4-14(20)5-8-16)10-2-3-19-26-11-12-27-19/h4-9,13,19H,2-3,10-12,21H2,1H3. The molecule has 0 saturated carbocycles. The Morgan fingerprint density at radius 1 is 1.18 bits per heavy atom. The van der Waals surface area contributed by atoms with Crippen LogP contribution in [0.3, 0.4) is 0 Å². The molecule has 1 fully saturated rings. The lowest BCUT2D eigenvalue weighted by molar-refractivity contribution is -0.0471. The van der Waals surface area contributed by atoms with E-state index < -0.39 is 10.0 Å². The molecule has 0 aliphatic carbocycles. The van der Waals surface area contributed by atoms with Gasteiger partial charge in [0, 0.05) is 18.7 Å². The van der Waals surface area contributed by atoms with Crippen LogP contribution in [0.1, 0.15) is 12.8 Å². The van der Waals surface area contributed by atoms with Gasteiger partial charge >= 0.3 is 0 Å². The third-order valence-electron chi connectivity index (χ3n) is 4.43. The number of ether oxygens (including phenoxy) is 3. The SMILES string of the molecule is [B]c1ccc(N(CCCC2OCCO2)S(=O)(=O)c2cc(N)ccc2OC)cc1. The molecule has 0 amide bonds. The molecular formula is C19H23BN2O5S. The zero-order valence-corrected chi connectivity index (χ0v) is 16.5. The minimum Gasteiger partial charge on any atom is -0.495 e. The Morgan fingerprint density at radius 2 is 1.86 bits per heavy atom. The average Bonchev–Trinajstić information content (AvgIpc) is 3.19. The monoisotopic (exact) mass is 402 g/mol. The van der Waals surface area contributed by atoms with Crippen LogP contribution in [0, 0.1) is 0 Å². The number of nitrogen functional groups attached to an aromatic ring is 1. The van der Waals surface area contributed by atoms with E-state index in [4.69, 9.17) is 27.8 Å². The number of benzene rings is 2. The lowest BCUT2D eigenvalue weighted by atomic mass is 9.96. The summed E-state index contributed by atoms with van der Waals surface area (Å²) >= 11 is 0. The van der Waals surface area contributed by atoms with Crippen LogP contribution in [-0.2, 0) is 19.5 Å². The molecular weight excluding hydrogens is 379 g/mol. The molecule has 2 N–H and O–H groups in total. The highest BCUT2D eigenvalue weighted by Gasteiger charge is 2.29. The lowest BCUT2D eigenvalue weighted by Gasteiger charge is -2.26. The Balaban J connectivity index is 1.92. The molecule has 148 valence electrons. The Labute approximate surface area is 166 Å². The second-order valence-electron chi connectivity index (χ2n) is 6.39. The average molecular weight is 402 g/mol. The molecule has 1 saturated heterocycles. The second-order valence-corrected chi connectivity index (χ2v) is 8.22. The van der Waals surface area contributed by atoms with Crippen molar-refractivity contribution < 1.29 is 22.6 Å². The fourth-order valence-electron chi connectivity index (χ4n) is 3.02. The Kier molecular flexibility index (Phi) is 6.48. The number of rotatable bonds is 8. The summed E-state index contributed by atoms with van der Waals surface area (Å²) in [6.45, 7) is 1.36. The molecule has 0 unspecified atom stereocenters. The predicted octanol–water partition coefficient (Wildman–Crippen LogP) is 1.42. The van der Waals surface area contributed by atoms with Gasteiger partial charge in [-0.2, -0.15) is 0 Å². The van der Waals surface area contributed by atoms with Crippen LogP contribution in [0.5, 0.6) is 5.75 Å². The number of hydrogen-bond acceptors (Lipinski definition) is 6. The van der Waals surface area contributed by atoms with Crippen LogP contribution < -0.4 is 20.2 Å². The summed E-state index contributed by atoms with van der Waals surface area (Å²) in [4.78, 5) is 0.0141. The molecule has 9 heteroatoms. The fourth-order valence-corrected chi connectivity index (χ4v) is 4.71. The third kappa shape index (κ3) is 4.60. The highest BCUT2D eigenvalue weighted by Crippen LogP contribution is 2.31. The van der Waals surface area contributed by atoms with Gasteiger partial charge < -0.3 is 19.9 Å². The van der Waals surface area contributed by atoms with E-state index in [-0.39, 0.29) is 23.5 Å². The van der Waals surface area contributed by atoms with Gasteiger partial charge in [-0.1, -0.05) is 17.6 Å². The second kappa shape index (κ2) is 8.85. The zero-order chi connectivity index (χ0) is 20.1. The Morgan fingerprint density at radius 3 is 2.50 bits per heavy atom. The number of anilines is 2. The maximum Gasteiger partial charge on any atom is 0.268 e. The molecule has 28 heavy (non-hydrogen) atoms. The van der Waals surface area contributed by atoms with E-state index in [1.165, 1.54) is 17.5 Å². The molecule has 1 heterocycles. The molecule has 2 radical (unpaired) electrons. The van der Waals surface area contributed by atoms with Crippen molar-refractivity contribution in [2.45, 2.75) is 24.0 Å². The first kappa shape index (κ1) is 20.5. The molecule has 2 aromatic carbocycles. The van der Waals surface area contributed by atoms with E-state index in [9.17, 15) is 8.42 Å². The summed E-state index contributed by atoms with van der Waals surface area (Å²) in [6.07, 6.45) is 0.853. The molecule has 0 bridgehead atoms. The first-order valence-corrected chi connectivity index (χ1v) is 10.4. The topological polar surface area (TPSA) is 91.1 Å².